The Morgan fingerprint density at radius 1 is 1.56 bits per heavy atom. The van der Waals surface area contributed by atoms with Gasteiger partial charge in [-0.2, -0.15) is 0 Å². The number of methoxy groups -OCH3 is 1. The Morgan fingerprint density at radius 2 is 2.28 bits per heavy atom. The summed E-state index contributed by atoms with van der Waals surface area (Å²) in [6, 6.07) is 0. The van der Waals surface area contributed by atoms with Crippen molar-refractivity contribution in [2.24, 2.45) is 0 Å². The van der Waals surface area contributed by atoms with Gasteiger partial charge in [-0.05, 0) is 5.92 Å². The molecule has 94 valence electrons. The number of ether oxygens (including phenoxy) is 1. The van der Waals surface area contributed by atoms with E-state index >= 15 is 0 Å². The summed E-state index contributed by atoms with van der Waals surface area (Å²) in [5.41, 5.74) is 5.72. The van der Waals surface area contributed by atoms with Crippen LogP contribution in [0.15, 0.2) is 6.20 Å². The summed E-state index contributed by atoms with van der Waals surface area (Å²) >= 11 is 1.09. The highest BCUT2D eigenvalue weighted by Crippen LogP contribution is 2.07. The van der Waals surface area contributed by atoms with E-state index in [1.54, 1.807) is 0 Å². The summed E-state index contributed by atoms with van der Waals surface area (Å²) in [6.07, 6.45) is 1.35. The van der Waals surface area contributed by atoms with E-state index in [-0.39, 0.29) is 16.6 Å². The van der Waals surface area contributed by atoms with Crippen LogP contribution in [0.4, 0.5) is 5.82 Å². The first-order valence-corrected chi connectivity index (χ1v) is 5.86. The summed E-state index contributed by atoms with van der Waals surface area (Å²) in [4.78, 5) is 29.7. The molecule has 18 heavy (non-hydrogen) atoms. The summed E-state index contributed by atoms with van der Waals surface area (Å²) in [6.45, 7) is 1.46. The molecule has 0 unspecified atom stereocenters. The molecule has 0 aliphatic carbocycles. The molecule has 1 aromatic heterocycles. The van der Waals surface area contributed by atoms with Gasteiger partial charge in [0.05, 0.1) is 19.1 Å². The van der Waals surface area contributed by atoms with E-state index in [0.717, 1.165) is 11.8 Å². The zero-order chi connectivity index (χ0) is 13.5. The molecule has 0 radical (unpaired) electrons. The van der Waals surface area contributed by atoms with Crippen molar-refractivity contribution in [2.75, 3.05) is 18.6 Å². The third-order valence-electron chi connectivity index (χ3n) is 1.74. The molecule has 1 rings (SSSR count). The van der Waals surface area contributed by atoms with Crippen molar-refractivity contribution in [3.05, 3.63) is 17.6 Å². The molecule has 7 heteroatoms. The van der Waals surface area contributed by atoms with Gasteiger partial charge in [0, 0.05) is 6.92 Å². The van der Waals surface area contributed by atoms with Crippen molar-refractivity contribution < 1.29 is 14.3 Å². The average Bonchev–Trinajstić information content (AvgIpc) is 2.35. The van der Waals surface area contributed by atoms with Gasteiger partial charge in [-0.25, -0.2) is 14.8 Å². The van der Waals surface area contributed by atoms with Crippen LogP contribution in [0.3, 0.4) is 0 Å². The molecule has 6 nitrogen and oxygen atoms in total. The van der Waals surface area contributed by atoms with Crippen molar-refractivity contribution >= 4 is 28.7 Å². The lowest BCUT2D eigenvalue weighted by molar-refractivity contribution is -0.109. The van der Waals surface area contributed by atoms with Crippen LogP contribution in [0, 0.1) is 11.8 Å². The van der Waals surface area contributed by atoms with Crippen molar-refractivity contribution in [3.8, 4) is 11.8 Å². The second-order valence-corrected chi connectivity index (χ2v) is 4.21. The average molecular weight is 265 g/mol. The SMILES string of the molecule is COC(=O)c1nc(C#CCSC(C)=O)cnc1N. The van der Waals surface area contributed by atoms with Crippen LogP contribution >= 0.6 is 11.8 Å². The molecule has 0 aromatic carbocycles. The molecule has 0 atom stereocenters. The Hall–Kier alpha value is -2.07. The van der Waals surface area contributed by atoms with E-state index < -0.39 is 5.97 Å². The smallest absolute Gasteiger partial charge is 0.360 e. The van der Waals surface area contributed by atoms with Gasteiger partial charge in [0.1, 0.15) is 5.69 Å². The minimum Gasteiger partial charge on any atom is -0.464 e. The Labute approximate surface area is 108 Å². The van der Waals surface area contributed by atoms with Crippen molar-refractivity contribution in [2.45, 2.75) is 6.92 Å². The Balaban J connectivity index is 2.85. The zero-order valence-electron chi connectivity index (χ0n) is 9.89. The molecule has 0 spiro atoms. The Morgan fingerprint density at radius 3 is 2.89 bits per heavy atom. The molecular weight excluding hydrogens is 254 g/mol. The first-order chi connectivity index (χ1) is 8.54. The number of rotatable bonds is 2. The molecule has 2 N–H and O–H groups in total. The highest BCUT2D eigenvalue weighted by Gasteiger charge is 2.13. The van der Waals surface area contributed by atoms with Gasteiger partial charge in [-0.1, -0.05) is 17.7 Å². The number of carbonyl (C=O) groups is 2. The van der Waals surface area contributed by atoms with E-state index in [2.05, 4.69) is 26.5 Å². The van der Waals surface area contributed by atoms with Crippen LogP contribution in [0.5, 0.6) is 0 Å². The maximum atomic E-state index is 11.3. The second-order valence-electron chi connectivity index (χ2n) is 3.06. The molecule has 0 saturated carbocycles. The number of carbonyl (C=O) groups excluding carboxylic acids is 2. The molecule has 0 aliphatic heterocycles. The summed E-state index contributed by atoms with van der Waals surface area (Å²) in [5, 5.41) is -0.0112. The van der Waals surface area contributed by atoms with Crippen LogP contribution in [0.1, 0.15) is 23.1 Å². The van der Waals surface area contributed by atoms with E-state index in [1.807, 2.05) is 0 Å². The number of esters is 1. The zero-order valence-corrected chi connectivity index (χ0v) is 10.7. The first-order valence-electron chi connectivity index (χ1n) is 4.87. The van der Waals surface area contributed by atoms with Crippen molar-refractivity contribution in [1.82, 2.24) is 9.97 Å². The number of anilines is 1. The third-order valence-corrected chi connectivity index (χ3v) is 2.44. The highest BCUT2D eigenvalue weighted by atomic mass is 32.2. The van der Waals surface area contributed by atoms with Gasteiger partial charge in [0.2, 0.25) is 0 Å². The number of hydrogen-bond acceptors (Lipinski definition) is 7. The number of nitrogen functional groups attached to an aromatic ring is 1. The minimum absolute atomic E-state index is 0.00879. The van der Waals surface area contributed by atoms with E-state index in [0.29, 0.717) is 11.4 Å². The molecule has 0 bridgehead atoms. The van der Waals surface area contributed by atoms with Crippen molar-refractivity contribution in [3.63, 3.8) is 0 Å². The second kappa shape index (κ2) is 6.61. The molecule has 0 saturated heterocycles. The Bertz CT molecular complexity index is 534. The molecule has 0 amide bonds. The molecule has 1 heterocycles. The predicted octanol–water partition coefficient (Wildman–Crippen LogP) is 0.477. The number of aromatic nitrogens is 2. The van der Waals surface area contributed by atoms with E-state index in [4.69, 9.17) is 5.73 Å². The van der Waals surface area contributed by atoms with E-state index in [1.165, 1.54) is 20.2 Å². The molecule has 0 aliphatic rings. The lowest BCUT2D eigenvalue weighted by Gasteiger charge is -2.01. The third kappa shape index (κ3) is 4.07. The summed E-state index contributed by atoms with van der Waals surface area (Å²) < 4.78 is 4.51. The van der Waals surface area contributed by atoms with Crippen LogP contribution < -0.4 is 5.73 Å². The van der Waals surface area contributed by atoms with Crippen LogP contribution in [0.2, 0.25) is 0 Å². The normalized spacial score (nSPS) is 9.22. The number of nitrogens with zero attached hydrogens (tertiary/aromatic N) is 2. The fourth-order valence-electron chi connectivity index (χ4n) is 0.970. The largest absolute Gasteiger partial charge is 0.464 e. The lowest BCUT2D eigenvalue weighted by atomic mass is 10.3. The summed E-state index contributed by atoms with van der Waals surface area (Å²) in [5.74, 6) is 5.10. The highest BCUT2D eigenvalue weighted by molar-refractivity contribution is 8.13. The number of nitrogens with two attached hydrogens (primary N) is 1. The maximum Gasteiger partial charge on any atom is 0.360 e. The molecular formula is C11H11N3O3S. The lowest BCUT2D eigenvalue weighted by Crippen LogP contribution is -2.10. The number of hydrogen-bond donors (Lipinski definition) is 1. The molecule has 0 fully saturated rings. The summed E-state index contributed by atoms with van der Waals surface area (Å²) in [7, 11) is 1.23. The van der Waals surface area contributed by atoms with E-state index in [9.17, 15) is 9.59 Å². The topological polar surface area (TPSA) is 95.2 Å². The van der Waals surface area contributed by atoms with Crippen molar-refractivity contribution in [1.29, 1.82) is 0 Å². The predicted molar refractivity (Wildman–Crippen MR) is 67.8 cm³/mol. The van der Waals surface area contributed by atoms with Gasteiger partial charge < -0.3 is 10.5 Å². The quantitative estimate of drug-likeness (QED) is 0.613. The van der Waals surface area contributed by atoms with Crippen LogP contribution in [0.25, 0.3) is 0 Å². The van der Waals surface area contributed by atoms with Gasteiger partial charge >= 0.3 is 5.97 Å². The standard InChI is InChI=1S/C11H11N3O3S/c1-7(15)18-5-3-4-8-6-13-10(12)9(14-8)11(16)17-2/h6H,5H2,1-2H3,(H2,12,13). The Kier molecular flexibility index (Phi) is 5.14. The van der Waals surface area contributed by atoms with Gasteiger partial charge in [0.15, 0.2) is 16.6 Å². The first kappa shape index (κ1) is 14.0. The van der Waals surface area contributed by atoms with Gasteiger partial charge in [-0.15, -0.1) is 0 Å². The fraction of sp³-hybridized carbons (Fsp3) is 0.273. The number of thioether (sulfide) groups is 1. The molecule has 1 aromatic rings. The van der Waals surface area contributed by atoms with Crippen LogP contribution in [-0.4, -0.2) is 33.9 Å². The van der Waals surface area contributed by atoms with Gasteiger partial charge in [-0.3, -0.25) is 4.79 Å². The van der Waals surface area contributed by atoms with Gasteiger partial charge in [0.25, 0.3) is 0 Å². The van der Waals surface area contributed by atoms with Crippen LogP contribution in [-0.2, 0) is 9.53 Å². The maximum absolute atomic E-state index is 11.3. The fourth-order valence-corrected chi connectivity index (χ4v) is 1.32. The minimum atomic E-state index is -0.665. The monoisotopic (exact) mass is 265 g/mol.